The topological polar surface area (TPSA) is 0 Å². The zero-order valence-corrected chi connectivity index (χ0v) is 17.2. The zero-order chi connectivity index (χ0) is 12.0. The molecule has 1 heterocycles. The Kier molecular flexibility index (Phi) is 13.7. The minimum absolute atomic E-state index is 0.854. The molecule has 4 heteroatoms. The summed E-state index contributed by atoms with van der Waals surface area (Å²) in [4.78, 5) is 2.44. The van der Waals surface area contributed by atoms with Crippen LogP contribution in [0.25, 0.3) is 0 Å². The number of rotatable bonds is 0. The van der Waals surface area contributed by atoms with Gasteiger partial charge in [-0.15, -0.1) is 0 Å². The van der Waals surface area contributed by atoms with E-state index in [1.807, 2.05) is 0 Å². The summed E-state index contributed by atoms with van der Waals surface area (Å²) in [6.07, 6.45) is 18.5. The van der Waals surface area contributed by atoms with Crippen molar-refractivity contribution >= 4 is 48.9 Å². The van der Waals surface area contributed by atoms with Crippen LogP contribution in [0.3, 0.4) is 0 Å². The summed E-state index contributed by atoms with van der Waals surface area (Å²) in [5.74, 6) is 0. The molecule has 0 spiro atoms. The van der Waals surface area contributed by atoms with Gasteiger partial charge in [0, 0.05) is 0 Å². The fourth-order valence-corrected chi connectivity index (χ4v) is 38.5. The van der Waals surface area contributed by atoms with Crippen LogP contribution >= 0.6 is 0 Å². The van der Waals surface area contributed by atoms with Crippen molar-refractivity contribution in [3.63, 3.8) is 0 Å². The molecule has 0 unspecified atom stereocenters. The van der Waals surface area contributed by atoms with Gasteiger partial charge in [-0.1, -0.05) is 0 Å². The summed E-state index contributed by atoms with van der Waals surface area (Å²) in [6.45, 7) is 0. The predicted octanol–water partition coefficient (Wildman–Crippen LogP) is 3.17. The number of hydrogen-bond acceptors (Lipinski definition) is 0. The molecule has 0 atom stereocenters. The average molecular weight is 494 g/mol. The predicted molar refractivity (Wildman–Crippen MR) is 83.0 cm³/mol. The van der Waals surface area contributed by atoms with E-state index in [-0.39, 0.29) is 0 Å². The van der Waals surface area contributed by atoms with Crippen LogP contribution < -0.4 is 0 Å². The molecular formula is C13H22Se4. The first-order chi connectivity index (χ1) is 8.50. The van der Waals surface area contributed by atoms with Crippen molar-refractivity contribution in [2.75, 3.05) is 0 Å². The van der Waals surface area contributed by atoms with Gasteiger partial charge in [-0.3, -0.25) is 0 Å². The molecule has 0 nitrogen and oxygen atoms in total. The van der Waals surface area contributed by atoms with Crippen LogP contribution in [-0.4, -0.2) is 48.9 Å². The van der Waals surface area contributed by atoms with Gasteiger partial charge in [-0.2, -0.15) is 0 Å². The summed E-state index contributed by atoms with van der Waals surface area (Å²) < 4.78 is 0. The van der Waals surface area contributed by atoms with Crippen LogP contribution in [0.4, 0.5) is 0 Å². The molecule has 0 aromatic heterocycles. The van der Waals surface area contributed by atoms with Crippen LogP contribution in [0.5, 0.6) is 0 Å². The van der Waals surface area contributed by atoms with Crippen LogP contribution in [0.15, 0.2) is 23.2 Å². The number of allylic oxidation sites excluding steroid dienone is 3. The molecule has 0 aliphatic carbocycles. The van der Waals surface area contributed by atoms with E-state index in [0.717, 1.165) is 48.9 Å². The molecule has 0 bridgehead atoms. The van der Waals surface area contributed by atoms with Gasteiger partial charge in [0.05, 0.1) is 0 Å². The molecule has 0 saturated carbocycles. The van der Waals surface area contributed by atoms with Crippen molar-refractivity contribution in [1.82, 2.24) is 0 Å². The molecule has 0 fully saturated rings. The summed E-state index contributed by atoms with van der Waals surface area (Å²) in [5.41, 5.74) is 0. The number of hydrogen-bond donors (Lipinski definition) is 0. The summed E-state index contributed by atoms with van der Waals surface area (Å²) in [6, 6.07) is 0. The standard InChI is InChI=1S/C13H22Se4/c1-2-4-6-8-10-12-14-16-17-15-13-11-9-7-5-3-1/h6,8,10,12H,1-5,7,9,11,13H2. The van der Waals surface area contributed by atoms with Crippen molar-refractivity contribution in [2.45, 2.75) is 56.7 Å². The van der Waals surface area contributed by atoms with Crippen LogP contribution in [0, 0.1) is 0 Å². The van der Waals surface area contributed by atoms with Crippen molar-refractivity contribution < 1.29 is 0 Å². The third kappa shape index (κ3) is 12.3. The Labute approximate surface area is 128 Å². The van der Waals surface area contributed by atoms with Gasteiger partial charge in [0.2, 0.25) is 0 Å². The van der Waals surface area contributed by atoms with Gasteiger partial charge in [0.1, 0.15) is 0 Å². The van der Waals surface area contributed by atoms with Crippen LogP contribution in [-0.2, 0) is 0 Å². The minimum atomic E-state index is 0.854. The fourth-order valence-electron chi connectivity index (χ4n) is 1.65. The second kappa shape index (κ2) is 14.0. The van der Waals surface area contributed by atoms with Crippen LogP contribution in [0.1, 0.15) is 51.4 Å². The SMILES string of the molecule is C1=CCCCCCCCCC[Se][Se][Se][Se]C=C1. The molecule has 0 radical (unpaired) electrons. The molecule has 98 valence electrons. The molecular weight excluding hydrogens is 472 g/mol. The van der Waals surface area contributed by atoms with Crippen molar-refractivity contribution in [2.24, 2.45) is 0 Å². The molecule has 17 heavy (non-hydrogen) atoms. The maximum absolute atomic E-state index is 2.44. The van der Waals surface area contributed by atoms with Gasteiger partial charge in [-0.05, 0) is 0 Å². The fraction of sp³-hybridized carbons (Fsp3) is 0.692. The molecule has 1 rings (SSSR count). The van der Waals surface area contributed by atoms with E-state index >= 15 is 0 Å². The maximum atomic E-state index is 2.44. The Hall–Kier alpha value is 1.56. The molecule has 1 aliphatic rings. The first-order valence-electron chi connectivity index (χ1n) is 6.43. The van der Waals surface area contributed by atoms with Gasteiger partial charge in [0.25, 0.3) is 0 Å². The first kappa shape index (κ1) is 16.6. The summed E-state index contributed by atoms with van der Waals surface area (Å²) in [7, 11) is 0. The Morgan fingerprint density at radius 2 is 1.47 bits per heavy atom. The molecule has 0 aromatic carbocycles. The van der Waals surface area contributed by atoms with Gasteiger partial charge in [0.15, 0.2) is 0 Å². The molecule has 0 saturated heterocycles. The molecule has 0 aromatic rings. The van der Waals surface area contributed by atoms with Crippen LogP contribution in [0.2, 0.25) is 5.32 Å². The quantitative estimate of drug-likeness (QED) is 0.455. The molecule has 0 amide bonds. The third-order valence-corrected chi connectivity index (χ3v) is 39.5. The zero-order valence-electron chi connectivity index (χ0n) is 10.3. The average Bonchev–Trinajstić information content (AvgIpc) is 2.35. The second-order valence-electron chi connectivity index (χ2n) is 4.07. The van der Waals surface area contributed by atoms with E-state index in [9.17, 15) is 0 Å². The second-order valence-corrected chi connectivity index (χ2v) is 30.0. The van der Waals surface area contributed by atoms with E-state index in [2.05, 4.69) is 23.2 Å². The molecule has 0 N–H and O–H groups in total. The van der Waals surface area contributed by atoms with E-state index in [1.165, 1.54) is 51.4 Å². The Bertz CT molecular complexity index is 191. The van der Waals surface area contributed by atoms with Crippen molar-refractivity contribution in [3.05, 3.63) is 23.2 Å². The van der Waals surface area contributed by atoms with Crippen molar-refractivity contribution in [3.8, 4) is 0 Å². The van der Waals surface area contributed by atoms with Crippen molar-refractivity contribution in [1.29, 1.82) is 0 Å². The van der Waals surface area contributed by atoms with E-state index < -0.39 is 0 Å². The third-order valence-electron chi connectivity index (χ3n) is 2.59. The monoisotopic (exact) mass is 498 g/mol. The van der Waals surface area contributed by atoms with Gasteiger partial charge < -0.3 is 0 Å². The van der Waals surface area contributed by atoms with Gasteiger partial charge >= 0.3 is 129 Å². The van der Waals surface area contributed by atoms with E-state index in [4.69, 9.17) is 0 Å². The summed E-state index contributed by atoms with van der Waals surface area (Å²) in [5, 5.41) is 1.58. The Balaban J connectivity index is 2.13. The van der Waals surface area contributed by atoms with E-state index in [1.54, 1.807) is 5.32 Å². The van der Waals surface area contributed by atoms with Gasteiger partial charge in [-0.25, -0.2) is 0 Å². The summed E-state index contributed by atoms with van der Waals surface area (Å²) >= 11 is 3.96. The van der Waals surface area contributed by atoms with E-state index in [0.29, 0.717) is 0 Å². The molecule has 1 aliphatic heterocycles. The normalized spacial score (nSPS) is 22.1. The first-order valence-corrected chi connectivity index (χ1v) is 21.6. The Morgan fingerprint density at radius 1 is 0.706 bits per heavy atom. The Morgan fingerprint density at radius 3 is 2.35 bits per heavy atom.